The summed E-state index contributed by atoms with van der Waals surface area (Å²) in [5.41, 5.74) is 4.18. The number of aryl methyl sites for hydroxylation is 1. The molecule has 1 heterocycles. The van der Waals surface area contributed by atoms with Gasteiger partial charge in [0.05, 0.1) is 23.8 Å². The second kappa shape index (κ2) is 6.65. The number of carbonyl (C=O) groups excluding carboxylic acids is 1. The normalized spacial score (nSPS) is 10.9. The van der Waals surface area contributed by atoms with Gasteiger partial charge in [0.25, 0.3) is 0 Å². The Kier molecular flexibility index (Phi) is 4.42. The summed E-state index contributed by atoms with van der Waals surface area (Å²) in [6, 6.07) is 16.1. The molecule has 0 saturated heterocycles. The van der Waals surface area contributed by atoms with Gasteiger partial charge in [-0.3, -0.25) is 4.79 Å². The van der Waals surface area contributed by atoms with Gasteiger partial charge in [0.1, 0.15) is 0 Å². The molecule has 3 aromatic rings. The Balaban J connectivity index is 1.72. The topological polar surface area (TPSA) is 38.1 Å². The molecule has 0 saturated carbocycles. The van der Waals surface area contributed by atoms with E-state index in [9.17, 15) is 4.79 Å². The highest BCUT2D eigenvalue weighted by atomic mass is 16.2. The highest BCUT2D eigenvalue weighted by molar-refractivity contribution is 5.81. The molecule has 0 unspecified atom stereocenters. The molecule has 0 aliphatic rings. The molecular formula is C19H21N3O. The summed E-state index contributed by atoms with van der Waals surface area (Å²) in [5.74, 6) is 0.145. The molecule has 4 heteroatoms. The van der Waals surface area contributed by atoms with Crippen LogP contribution in [0.1, 0.15) is 18.1 Å². The third-order valence-corrected chi connectivity index (χ3v) is 4.10. The van der Waals surface area contributed by atoms with Crippen LogP contribution in [-0.2, 0) is 24.8 Å². The maximum absolute atomic E-state index is 12.6. The SMILES string of the molecule is CCN(Cc1ccccc1)C(=O)Cc1ccc2c(c1)ncn2C. The molecule has 0 radical (unpaired) electrons. The lowest BCUT2D eigenvalue weighted by Crippen LogP contribution is -2.31. The summed E-state index contributed by atoms with van der Waals surface area (Å²) >= 11 is 0. The van der Waals surface area contributed by atoms with E-state index in [0.717, 1.165) is 22.2 Å². The van der Waals surface area contributed by atoms with E-state index in [0.29, 0.717) is 19.5 Å². The van der Waals surface area contributed by atoms with Crippen molar-refractivity contribution >= 4 is 16.9 Å². The summed E-state index contributed by atoms with van der Waals surface area (Å²) in [6.45, 7) is 3.38. The number of amides is 1. The van der Waals surface area contributed by atoms with Crippen molar-refractivity contribution in [1.82, 2.24) is 14.5 Å². The van der Waals surface area contributed by atoms with Gasteiger partial charge in [0, 0.05) is 20.1 Å². The summed E-state index contributed by atoms with van der Waals surface area (Å²) in [4.78, 5) is 18.8. The molecule has 23 heavy (non-hydrogen) atoms. The van der Waals surface area contributed by atoms with E-state index in [2.05, 4.69) is 17.1 Å². The van der Waals surface area contributed by atoms with Crippen LogP contribution in [0.25, 0.3) is 11.0 Å². The number of benzene rings is 2. The molecule has 0 fully saturated rings. The second-order valence-electron chi connectivity index (χ2n) is 5.75. The monoisotopic (exact) mass is 307 g/mol. The zero-order valence-electron chi connectivity index (χ0n) is 13.6. The van der Waals surface area contributed by atoms with Gasteiger partial charge in [0.15, 0.2) is 0 Å². The molecule has 1 amide bonds. The number of aromatic nitrogens is 2. The molecule has 1 aromatic heterocycles. The van der Waals surface area contributed by atoms with Crippen LogP contribution in [-0.4, -0.2) is 26.9 Å². The smallest absolute Gasteiger partial charge is 0.227 e. The summed E-state index contributed by atoms with van der Waals surface area (Å²) in [5, 5.41) is 0. The lowest BCUT2D eigenvalue weighted by molar-refractivity contribution is -0.130. The van der Waals surface area contributed by atoms with Crippen molar-refractivity contribution in [2.24, 2.45) is 7.05 Å². The highest BCUT2D eigenvalue weighted by Gasteiger charge is 2.13. The van der Waals surface area contributed by atoms with Crippen molar-refractivity contribution < 1.29 is 4.79 Å². The minimum absolute atomic E-state index is 0.145. The standard InChI is InChI=1S/C19H21N3O/c1-3-22(13-15-7-5-4-6-8-15)19(23)12-16-9-10-18-17(11-16)20-14-21(18)2/h4-11,14H,3,12-13H2,1-2H3. The van der Waals surface area contributed by atoms with Gasteiger partial charge in [-0.2, -0.15) is 0 Å². The van der Waals surface area contributed by atoms with Gasteiger partial charge in [-0.25, -0.2) is 4.98 Å². The maximum atomic E-state index is 12.6. The van der Waals surface area contributed by atoms with E-state index < -0.39 is 0 Å². The van der Waals surface area contributed by atoms with Crippen LogP contribution < -0.4 is 0 Å². The Labute approximate surface area is 136 Å². The minimum atomic E-state index is 0.145. The number of hydrogen-bond acceptors (Lipinski definition) is 2. The molecule has 118 valence electrons. The predicted octanol–water partition coefficient (Wildman–Crippen LogP) is 3.16. The molecule has 0 atom stereocenters. The predicted molar refractivity (Wildman–Crippen MR) is 92.0 cm³/mol. The van der Waals surface area contributed by atoms with Gasteiger partial charge in [-0.15, -0.1) is 0 Å². The minimum Gasteiger partial charge on any atom is -0.338 e. The Hall–Kier alpha value is -2.62. The average Bonchev–Trinajstić information content (AvgIpc) is 2.94. The van der Waals surface area contributed by atoms with Crippen molar-refractivity contribution in [1.29, 1.82) is 0 Å². The van der Waals surface area contributed by atoms with Crippen LogP contribution in [0.4, 0.5) is 0 Å². The summed E-state index contributed by atoms with van der Waals surface area (Å²) < 4.78 is 1.98. The van der Waals surface area contributed by atoms with Crippen LogP contribution in [0.15, 0.2) is 54.9 Å². The fraction of sp³-hybridized carbons (Fsp3) is 0.263. The van der Waals surface area contributed by atoms with E-state index in [1.165, 1.54) is 0 Å². The fourth-order valence-corrected chi connectivity index (χ4v) is 2.76. The number of fused-ring (bicyclic) bond motifs is 1. The molecule has 0 N–H and O–H groups in total. The summed E-state index contributed by atoms with van der Waals surface area (Å²) in [7, 11) is 1.97. The molecule has 3 rings (SSSR count). The lowest BCUT2D eigenvalue weighted by Gasteiger charge is -2.21. The molecule has 4 nitrogen and oxygen atoms in total. The number of imidazole rings is 1. The third kappa shape index (κ3) is 3.42. The van der Waals surface area contributed by atoms with Crippen LogP contribution in [0.2, 0.25) is 0 Å². The second-order valence-corrected chi connectivity index (χ2v) is 5.75. The van der Waals surface area contributed by atoms with Crippen LogP contribution >= 0.6 is 0 Å². The number of hydrogen-bond donors (Lipinski definition) is 0. The van der Waals surface area contributed by atoms with Crippen LogP contribution in [0, 0.1) is 0 Å². The average molecular weight is 307 g/mol. The van der Waals surface area contributed by atoms with Crippen molar-refractivity contribution in [3.8, 4) is 0 Å². The van der Waals surface area contributed by atoms with E-state index in [4.69, 9.17) is 0 Å². The Morgan fingerprint density at radius 3 is 2.65 bits per heavy atom. The van der Waals surface area contributed by atoms with Crippen LogP contribution in [0.3, 0.4) is 0 Å². The first-order valence-corrected chi connectivity index (χ1v) is 7.89. The van der Waals surface area contributed by atoms with Crippen molar-refractivity contribution in [2.75, 3.05) is 6.54 Å². The Morgan fingerprint density at radius 2 is 1.91 bits per heavy atom. The first-order chi connectivity index (χ1) is 11.2. The quantitative estimate of drug-likeness (QED) is 0.726. The first kappa shape index (κ1) is 15.3. The zero-order valence-corrected chi connectivity index (χ0v) is 13.6. The zero-order chi connectivity index (χ0) is 16.2. The van der Waals surface area contributed by atoms with Gasteiger partial charge in [-0.05, 0) is 30.2 Å². The largest absolute Gasteiger partial charge is 0.338 e. The molecular weight excluding hydrogens is 286 g/mol. The van der Waals surface area contributed by atoms with Crippen LogP contribution in [0.5, 0.6) is 0 Å². The fourth-order valence-electron chi connectivity index (χ4n) is 2.76. The molecule has 0 spiro atoms. The van der Waals surface area contributed by atoms with Gasteiger partial charge < -0.3 is 9.47 Å². The first-order valence-electron chi connectivity index (χ1n) is 7.89. The number of carbonyl (C=O) groups is 1. The van der Waals surface area contributed by atoms with Gasteiger partial charge in [-0.1, -0.05) is 36.4 Å². The molecule has 0 bridgehead atoms. The Bertz CT molecular complexity index is 808. The van der Waals surface area contributed by atoms with Crippen molar-refractivity contribution in [3.63, 3.8) is 0 Å². The van der Waals surface area contributed by atoms with E-state index in [1.54, 1.807) is 6.33 Å². The molecule has 2 aromatic carbocycles. The molecule has 0 aliphatic heterocycles. The van der Waals surface area contributed by atoms with Crippen molar-refractivity contribution in [2.45, 2.75) is 19.9 Å². The number of rotatable bonds is 5. The summed E-state index contributed by atoms with van der Waals surface area (Å²) in [6.07, 6.45) is 2.21. The number of nitrogens with zero attached hydrogens (tertiary/aromatic N) is 3. The Morgan fingerprint density at radius 1 is 1.13 bits per heavy atom. The van der Waals surface area contributed by atoms with Gasteiger partial charge in [0.2, 0.25) is 5.91 Å². The van der Waals surface area contributed by atoms with E-state index >= 15 is 0 Å². The van der Waals surface area contributed by atoms with Crippen molar-refractivity contribution in [3.05, 3.63) is 66.0 Å². The lowest BCUT2D eigenvalue weighted by atomic mass is 10.1. The van der Waals surface area contributed by atoms with E-state index in [1.807, 2.05) is 59.8 Å². The maximum Gasteiger partial charge on any atom is 0.227 e. The van der Waals surface area contributed by atoms with Gasteiger partial charge >= 0.3 is 0 Å². The van der Waals surface area contributed by atoms with E-state index in [-0.39, 0.29) is 5.91 Å². The number of likely N-dealkylation sites (N-methyl/N-ethyl adjacent to an activating group) is 1. The molecule has 0 aliphatic carbocycles. The highest BCUT2D eigenvalue weighted by Crippen LogP contribution is 2.15. The third-order valence-electron chi connectivity index (χ3n) is 4.10.